The first-order chi connectivity index (χ1) is 10.3. The Morgan fingerprint density at radius 3 is 2.33 bits per heavy atom. The van der Waals surface area contributed by atoms with E-state index in [1.54, 1.807) is 7.11 Å². The van der Waals surface area contributed by atoms with Crippen LogP contribution in [0.15, 0.2) is 24.3 Å². The summed E-state index contributed by atoms with van der Waals surface area (Å²) in [6.45, 7) is 2.82. The van der Waals surface area contributed by atoms with Crippen LogP contribution in [0, 0.1) is 5.92 Å². The quantitative estimate of drug-likeness (QED) is 0.351. The minimum absolute atomic E-state index is 0.529. The van der Waals surface area contributed by atoms with Crippen LogP contribution in [-0.2, 0) is 16.4 Å². The van der Waals surface area contributed by atoms with Crippen LogP contribution in [0.5, 0.6) is 0 Å². The monoisotopic (exact) mass is 290 g/mol. The van der Waals surface area contributed by atoms with Gasteiger partial charge in [0.2, 0.25) is 0 Å². The van der Waals surface area contributed by atoms with Gasteiger partial charge >= 0.3 is 0 Å². The van der Waals surface area contributed by atoms with Crippen molar-refractivity contribution in [3.8, 4) is 0 Å². The van der Waals surface area contributed by atoms with Crippen molar-refractivity contribution in [2.24, 2.45) is 5.92 Å². The van der Waals surface area contributed by atoms with E-state index in [1.165, 1.54) is 62.5 Å². The molecule has 118 valence electrons. The van der Waals surface area contributed by atoms with Gasteiger partial charge < -0.3 is 0 Å². The van der Waals surface area contributed by atoms with E-state index in [1.807, 2.05) is 0 Å². The van der Waals surface area contributed by atoms with Crippen LogP contribution in [0.3, 0.4) is 0 Å². The molecule has 1 fully saturated rings. The summed E-state index contributed by atoms with van der Waals surface area (Å²) in [6, 6.07) is 8.89. The molecular weight excluding hydrogens is 260 g/mol. The Morgan fingerprint density at radius 1 is 1.00 bits per heavy atom. The number of hydrogen-bond acceptors (Lipinski definition) is 2. The van der Waals surface area contributed by atoms with Crippen molar-refractivity contribution in [2.75, 3.05) is 7.11 Å². The zero-order valence-corrected chi connectivity index (χ0v) is 13.6. The minimum atomic E-state index is 0.529. The molecule has 1 aromatic carbocycles. The maximum absolute atomic E-state index is 4.97. The van der Waals surface area contributed by atoms with E-state index in [-0.39, 0.29) is 0 Å². The fourth-order valence-corrected chi connectivity index (χ4v) is 3.48. The molecule has 0 amide bonds. The fraction of sp³-hybridized carbons (Fsp3) is 0.684. The van der Waals surface area contributed by atoms with Crippen LogP contribution < -0.4 is 0 Å². The molecule has 0 radical (unpaired) electrons. The first-order valence-electron chi connectivity index (χ1n) is 8.58. The third kappa shape index (κ3) is 5.44. The van der Waals surface area contributed by atoms with Crippen LogP contribution in [0.25, 0.3) is 0 Å². The zero-order chi connectivity index (χ0) is 14.9. The van der Waals surface area contributed by atoms with Gasteiger partial charge in [-0.2, -0.15) is 0 Å². The average Bonchev–Trinajstić information content (AvgIpc) is 2.54. The topological polar surface area (TPSA) is 18.5 Å². The lowest BCUT2D eigenvalue weighted by Gasteiger charge is -2.29. The lowest BCUT2D eigenvalue weighted by Crippen LogP contribution is -2.13. The highest BCUT2D eigenvalue weighted by Gasteiger charge is 2.21. The summed E-state index contributed by atoms with van der Waals surface area (Å²) in [5.41, 5.74) is 2.68. The van der Waals surface area contributed by atoms with Crippen molar-refractivity contribution >= 4 is 0 Å². The molecule has 2 heteroatoms. The van der Waals surface area contributed by atoms with Crippen molar-refractivity contribution in [2.45, 2.75) is 70.8 Å². The van der Waals surface area contributed by atoms with Crippen LogP contribution in [0.1, 0.15) is 75.3 Å². The molecule has 1 aliphatic carbocycles. The molecule has 0 bridgehead atoms. The number of benzene rings is 1. The van der Waals surface area contributed by atoms with Crippen LogP contribution >= 0.6 is 0 Å². The summed E-state index contributed by atoms with van der Waals surface area (Å²) in [7, 11) is 1.55. The Labute approximate surface area is 129 Å². The van der Waals surface area contributed by atoms with Gasteiger partial charge in [-0.25, -0.2) is 9.78 Å². The first kappa shape index (κ1) is 16.5. The van der Waals surface area contributed by atoms with E-state index in [2.05, 4.69) is 36.1 Å². The van der Waals surface area contributed by atoms with Gasteiger partial charge in [-0.3, -0.25) is 0 Å². The summed E-state index contributed by atoms with van der Waals surface area (Å²) < 4.78 is 0. The summed E-state index contributed by atoms with van der Waals surface area (Å²) in [5.74, 6) is 1.76. The van der Waals surface area contributed by atoms with Gasteiger partial charge in [0.05, 0.1) is 7.11 Å². The normalized spacial score (nSPS) is 22.4. The van der Waals surface area contributed by atoms with Crippen LogP contribution in [-0.4, -0.2) is 7.11 Å². The molecule has 0 N–H and O–H groups in total. The molecule has 2 rings (SSSR count). The lowest BCUT2D eigenvalue weighted by molar-refractivity contribution is -0.282. The van der Waals surface area contributed by atoms with Crippen LogP contribution in [0.2, 0.25) is 0 Å². The molecule has 1 aliphatic rings. The molecule has 0 heterocycles. The van der Waals surface area contributed by atoms with Gasteiger partial charge in [0, 0.05) is 0 Å². The average molecular weight is 290 g/mol. The number of unbranched alkanes of at least 4 members (excludes halogenated alkanes) is 2. The maximum Gasteiger partial charge on any atom is 0.107 e. The maximum atomic E-state index is 4.97. The van der Waals surface area contributed by atoms with E-state index in [0.717, 1.165) is 11.8 Å². The second-order valence-corrected chi connectivity index (χ2v) is 6.38. The van der Waals surface area contributed by atoms with E-state index in [9.17, 15) is 0 Å². The molecule has 1 aromatic rings. The molecule has 0 aliphatic heterocycles. The predicted molar refractivity (Wildman–Crippen MR) is 87.1 cm³/mol. The molecule has 0 spiro atoms. The third-order valence-corrected chi connectivity index (χ3v) is 4.86. The Morgan fingerprint density at radius 2 is 1.71 bits per heavy atom. The van der Waals surface area contributed by atoms with E-state index in [4.69, 9.17) is 4.89 Å². The number of rotatable bonds is 8. The Hall–Kier alpha value is -0.860. The molecule has 21 heavy (non-hydrogen) atoms. The van der Waals surface area contributed by atoms with Gasteiger partial charge in [-0.05, 0) is 48.6 Å². The third-order valence-electron chi connectivity index (χ3n) is 4.86. The molecule has 2 nitrogen and oxygen atoms in total. The molecule has 0 atom stereocenters. The second-order valence-electron chi connectivity index (χ2n) is 6.38. The highest BCUT2D eigenvalue weighted by molar-refractivity contribution is 5.25. The van der Waals surface area contributed by atoms with Crippen LogP contribution in [0.4, 0.5) is 0 Å². The van der Waals surface area contributed by atoms with E-state index in [0.29, 0.717) is 6.61 Å². The van der Waals surface area contributed by atoms with Gasteiger partial charge in [0.1, 0.15) is 6.61 Å². The highest BCUT2D eigenvalue weighted by atomic mass is 17.2. The van der Waals surface area contributed by atoms with Crippen molar-refractivity contribution in [1.82, 2.24) is 0 Å². The second kappa shape index (κ2) is 9.22. The van der Waals surface area contributed by atoms with Gasteiger partial charge in [-0.1, -0.05) is 56.9 Å². The lowest BCUT2D eigenvalue weighted by atomic mass is 9.77. The SMILES string of the molecule is CCCCCC1CCC(c2ccc(COOC)cc2)CC1. The van der Waals surface area contributed by atoms with Gasteiger partial charge in [0.15, 0.2) is 0 Å². The van der Waals surface area contributed by atoms with Crippen molar-refractivity contribution in [3.05, 3.63) is 35.4 Å². The first-order valence-corrected chi connectivity index (χ1v) is 8.58. The van der Waals surface area contributed by atoms with Crippen molar-refractivity contribution in [3.63, 3.8) is 0 Å². The predicted octanol–water partition coefficient (Wildman–Crippen LogP) is 5.62. The molecule has 1 saturated carbocycles. The van der Waals surface area contributed by atoms with E-state index >= 15 is 0 Å². The highest BCUT2D eigenvalue weighted by Crippen LogP contribution is 2.37. The fourth-order valence-electron chi connectivity index (χ4n) is 3.48. The summed E-state index contributed by atoms with van der Waals surface area (Å²) in [4.78, 5) is 9.61. The Balaban J connectivity index is 1.76. The summed E-state index contributed by atoms with van der Waals surface area (Å²) in [6.07, 6.45) is 11.2. The molecular formula is C19H30O2. The van der Waals surface area contributed by atoms with Crippen molar-refractivity contribution < 1.29 is 9.78 Å². The zero-order valence-electron chi connectivity index (χ0n) is 13.6. The molecule has 0 aromatic heterocycles. The Bertz CT molecular complexity index is 377. The van der Waals surface area contributed by atoms with E-state index < -0.39 is 0 Å². The largest absolute Gasteiger partial charge is 0.240 e. The summed E-state index contributed by atoms with van der Waals surface area (Å²) >= 11 is 0. The summed E-state index contributed by atoms with van der Waals surface area (Å²) in [5, 5.41) is 0. The minimum Gasteiger partial charge on any atom is -0.240 e. The standard InChI is InChI=1S/C19H30O2/c1-3-4-5-6-16-7-11-18(12-8-16)19-13-9-17(10-14-19)15-21-20-2/h9-10,13-14,16,18H,3-8,11-12,15H2,1-2H3. The van der Waals surface area contributed by atoms with Crippen molar-refractivity contribution in [1.29, 1.82) is 0 Å². The molecule has 0 saturated heterocycles. The molecule has 0 unspecified atom stereocenters. The number of hydrogen-bond donors (Lipinski definition) is 0. The smallest absolute Gasteiger partial charge is 0.107 e. The Kier molecular flexibility index (Phi) is 7.25. The van der Waals surface area contributed by atoms with Gasteiger partial charge in [-0.15, -0.1) is 0 Å². The van der Waals surface area contributed by atoms with Gasteiger partial charge in [0.25, 0.3) is 0 Å².